The molecule has 1 amide bonds. The molecule has 1 aliphatic heterocycles. The zero-order valence-electron chi connectivity index (χ0n) is 15.2. The highest BCUT2D eigenvalue weighted by Crippen LogP contribution is 2.25. The number of carbonyl (C=O) groups is 1. The lowest BCUT2D eigenvalue weighted by molar-refractivity contribution is 0.102. The maximum atomic E-state index is 13.0. The molecule has 1 heterocycles. The van der Waals surface area contributed by atoms with E-state index in [4.69, 9.17) is 11.6 Å². The van der Waals surface area contributed by atoms with Crippen molar-refractivity contribution < 1.29 is 13.2 Å². The Hall–Kier alpha value is -1.89. The average molecular weight is 407 g/mol. The summed E-state index contributed by atoms with van der Waals surface area (Å²) in [6.07, 6.45) is 3.79. The standard InChI is InChI=1S/C20H23ClN2O3S/c1-15-7-6-8-16(13-15)22-20(24)18-14-17(9-10-19(18)21)27(25,26)23-11-4-2-3-5-12-23/h6-10,13-14H,2-5,11-12H2,1H3,(H,22,24). The summed E-state index contributed by atoms with van der Waals surface area (Å²) in [6.45, 7) is 2.95. The Morgan fingerprint density at radius 1 is 1.04 bits per heavy atom. The number of amides is 1. The predicted molar refractivity (Wildman–Crippen MR) is 108 cm³/mol. The second-order valence-electron chi connectivity index (χ2n) is 6.78. The number of anilines is 1. The molecule has 1 saturated heterocycles. The molecule has 0 radical (unpaired) electrons. The van der Waals surface area contributed by atoms with E-state index in [2.05, 4.69) is 5.32 Å². The molecule has 144 valence electrons. The zero-order valence-corrected chi connectivity index (χ0v) is 16.8. The van der Waals surface area contributed by atoms with Crippen LogP contribution in [0.4, 0.5) is 5.69 Å². The molecule has 0 saturated carbocycles. The van der Waals surface area contributed by atoms with Gasteiger partial charge in [0.15, 0.2) is 0 Å². The van der Waals surface area contributed by atoms with Crippen molar-refractivity contribution in [1.82, 2.24) is 4.31 Å². The van der Waals surface area contributed by atoms with E-state index in [1.165, 1.54) is 22.5 Å². The Morgan fingerprint density at radius 2 is 1.74 bits per heavy atom. The van der Waals surface area contributed by atoms with Crippen molar-refractivity contribution in [2.45, 2.75) is 37.5 Å². The number of sulfonamides is 1. The van der Waals surface area contributed by atoms with E-state index in [1.54, 1.807) is 6.07 Å². The Balaban J connectivity index is 1.88. The quantitative estimate of drug-likeness (QED) is 0.814. The molecule has 0 spiro atoms. The van der Waals surface area contributed by atoms with Crippen molar-refractivity contribution in [2.24, 2.45) is 0 Å². The second-order valence-corrected chi connectivity index (χ2v) is 9.13. The molecule has 7 heteroatoms. The van der Waals surface area contributed by atoms with Gasteiger partial charge in [-0.2, -0.15) is 4.31 Å². The smallest absolute Gasteiger partial charge is 0.257 e. The molecule has 1 aliphatic rings. The van der Waals surface area contributed by atoms with Crippen LogP contribution in [0.3, 0.4) is 0 Å². The molecule has 27 heavy (non-hydrogen) atoms. The summed E-state index contributed by atoms with van der Waals surface area (Å²) in [7, 11) is -3.64. The molecular formula is C20H23ClN2O3S. The highest BCUT2D eigenvalue weighted by atomic mass is 35.5. The zero-order chi connectivity index (χ0) is 19.4. The second kappa shape index (κ2) is 8.42. The van der Waals surface area contributed by atoms with E-state index in [-0.39, 0.29) is 15.5 Å². The van der Waals surface area contributed by atoms with Gasteiger partial charge in [-0.05, 0) is 55.7 Å². The minimum absolute atomic E-state index is 0.100. The summed E-state index contributed by atoms with van der Waals surface area (Å²) < 4.78 is 27.5. The van der Waals surface area contributed by atoms with Crippen LogP contribution in [-0.2, 0) is 10.0 Å². The Bertz CT molecular complexity index is 936. The number of benzene rings is 2. The molecule has 0 atom stereocenters. The third kappa shape index (κ3) is 4.69. The number of aryl methyl sites for hydroxylation is 1. The van der Waals surface area contributed by atoms with E-state index in [0.717, 1.165) is 31.2 Å². The highest BCUT2D eigenvalue weighted by molar-refractivity contribution is 7.89. The van der Waals surface area contributed by atoms with Gasteiger partial charge in [-0.1, -0.05) is 36.6 Å². The number of halogens is 1. The van der Waals surface area contributed by atoms with Crippen LogP contribution in [0.1, 0.15) is 41.6 Å². The first-order valence-corrected chi connectivity index (χ1v) is 10.9. The lowest BCUT2D eigenvalue weighted by Crippen LogP contribution is -2.32. The highest BCUT2D eigenvalue weighted by Gasteiger charge is 2.26. The summed E-state index contributed by atoms with van der Waals surface area (Å²) >= 11 is 6.18. The summed E-state index contributed by atoms with van der Waals surface area (Å²) in [5.74, 6) is -0.432. The van der Waals surface area contributed by atoms with Crippen LogP contribution in [-0.4, -0.2) is 31.7 Å². The Morgan fingerprint density at radius 3 is 2.41 bits per heavy atom. The summed E-state index contributed by atoms with van der Waals surface area (Å²) in [4.78, 5) is 12.8. The molecule has 0 bridgehead atoms. The van der Waals surface area contributed by atoms with Crippen LogP contribution in [0.5, 0.6) is 0 Å². The predicted octanol–water partition coefficient (Wildman–Crippen LogP) is 4.47. The van der Waals surface area contributed by atoms with Gasteiger partial charge in [-0.25, -0.2) is 8.42 Å². The first-order valence-electron chi connectivity index (χ1n) is 9.05. The van der Waals surface area contributed by atoms with Crippen LogP contribution in [0, 0.1) is 6.92 Å². The molecule has 0 aliphatic carbocycles. The van der Waals surface area contributed by atoms with Gasteiger partial charge in [0.1, 0.15) is 0 Å². The fourth-order valence-electron chi connectivity index (χ4n) is 3.19. The van der Waals surface area contributed by atoms with E-state index < -0.39 is 15.9 Å². The molecule has 3 rings (SSSR count). The molecular weight excluding hydrogens is 384 g/mol. The van der Waals surface area contributed by atoms with Gasteiger partial charge in [0.05, 0.1) is 15.5 Å². The van der Waals surface area contributed by atoms with Crippen LogP contribution >= 0.6 is 11.6 Å². The van der Waals surface area contributed by atoms with E-state index >= 15 is 0 Å². The average Bonchev–Trinajstić information content (AvgIpc) is 2.92. The van der Waals surface area contributed by atoms with E-state index in [0.29, 0.717) is 18.8 Å². The number of hydrogen-bond donors (Lipinski definition) is 1. The van der Waals surface area contributed by atoms with Gasteiger partial charge >= 0.3 is 0 Å². The van der Waals surface area contributed by atoms with Crippen molar-refractivity contribution in [3.05, 3.63) is 58.6 Å². The van der Waals surface area contributed by atoms with Crippen molar-refractivity contribution in [2.75, 3.05) is 18.4 Å². The Kier molecular flexibility index (Phi) is 6.19. The van der Waals surface area contributed by atoms with E-state index in [1.807, 2.05) is 25.1 Å². The molecule has 2 aromatic rings. The molecule has 0 unspecified atom stereocenters. The largest absolute Gasteiger partial charge is 0.322 e. The fourth-order valence-corrected chi connectivity index (χ4v) is 4.94. The van der Waals surface area contributed by atoms with Crippen LogP contribution in [0.25, 0.3) is 0 Å². The van der Waals surface area contributed by atoms with Crippen molar-refractivity contribution >= 4 is 33.2 Å². The van der Waals surface area contributed by atoms with Gasteiger partial charge < -0.3 is 5.32 Å². The summed E-state index contributed by atoms with van der Waals surface area (Å²) in [6, 6.07) is 11.7. The van der Waals surface area contributed by atoms with Crippen molar-refractivity contribution in [3.63, 3.8) is 0 Å². The first-order chi connectivity index (χ1) is 12.9. The normalized spacial score (nSPS) is 15.9. The first kappa shape index (κ1) is 19.9. The molecule has 5 nitrogen and oxygen atoms in total. The summed E-state index contributed by atoms with van der Waals surface area (Å²) in [5.41, 5.74) is 1.79. The maximum Gasteiger partial charge on any atom is 0.257 e. The lowest BCUT2D eigenvalue weighted by atomic mass is 10.2. The summed E-state index contributed by atoms with van der Waals surface area (Å²) in [5, 5.41) is 2.99. The number of hydrogen-bond acceptors (Lipinski definition) is 3. The minimum atomic E-state index is -3.64. The van der Waals surface area contributed by atoms with Gasteiger partial charge in [0.2, 0.25) is 10.0 Å². The van der Waals surface area contributed by atoms with Crippen LogP contribution in [0.2, 0.25) is 5.02 Å². The van der Waals surface area contributed by atoms with Crippen molar-refractivity contribution in [1.29, 1.82) is 0 Å². The van der Waals surface area contributed by atoms with Gasteiger partial charge in [0, 0.05) is 18.8 Å². The third-order valence-electron chi connectivity index (χ3n) is 4.66. The maximum absolute atomic E-state index is 13.0. The van der Waals surface area contributed by atoms with Crippen LogP contribution < -0.4 is 5.32 Å². The molecule has 2 aromatic carbocycles. The van der Waals surface area contributed by atoms with Crippen molar-refractivity contribution in [3.8, 4) is 0 Å². The minimum Gasteiger partial charge on any atom is -0.322 e. The van der Waals surface area contributed by atoms with Crippen LogP contribution in [0.15, 0.2) is 47.4 Å². The molecule has 1 fully saturated rings. The van der Waals surface area contributed by atoms with Gasteiger partial charge in [-0.15, -0.1) is 0 Å². The van der Waals surface area contributed by atoms with Gasteiger partial charge in [-0.3, -0.25) is 4.79 Å². The topological polar surface area (TPSA) is 66.5 Å². The third-order valence-corrected chi connectivity index (χ3v) is 6.89. The monoisotopic (exact) mass is 406 g/mol. The number of carbonyl (C=O) groups excluding carboxylic acids is 1. The number of nitrogens with one attached hydrogen (secondary N) is 1. The SMILES string of the molecule is Cc1cccc(NC(=O)c2cc(S(=O)(=O)N3CCCCCC3)ccc2Cl)c1. The number of rotatable bonds is 4. The molecule has 0 aromatic heterocycles. The lowest BCUT2D eigenvalue weighted by Gasteiger charge is -2.20. The van der Waals surface area contributed by atoms with Gasteiger partial charge in [0.25, 0.3) is 5.91 Å². The Labute approximate surface area is 165 Å². The number of nitrogens with zero attached hydrogens (tertiary/aromatic N) is 1. The molecule has 1 N–H and O–H groups in total. The van der Waals surface area contributed by atoms with E-state index in [9.17, 15) is 13.2 Å². The fraction of sp³-hybridized carbons (Fsp3) is 0.350.